The molecule has 0 atom stereocenters. The van der Waals surface area contributed by atoms with Crippen molar-refractivity contribution in [2.24, 2.45) is 0 Å². The fourth-order valence-corrected chi connectivity index (χ4v) is 3.73. The molecule has 0 radical (unpaired) electrons. The van der Waals surface area contributed by atoms with Crippen molar-refractivity contribution in [3.8, 4) is 5.75 Å². The lowest BCUT2D eigenvalue weighted by molar-refractivity contribution is 0.0224. The van der Waals surface area contributed by atoms with E-state index in [9.17, 15) is 4.79 Å². The molecule has 3 heterocycles. The maximum absolute atomic E-state index is 12.5. The maximum Gasteiger partial charge on any atom is 0.410 e. The van der Waals surface area contributed by atoms with Crippen LogP contribution in [0.3, 0.4) is 0 Å². The van der Waals surface area contributed by atoms with Crippen LogP contribution in [0.5, 0.6) is 5.75 Å². The van der Waals surface area contributed by atoms with Crippen LogP contribution in [0.2, 0.25) is 0 Å². The van der Waals surface area contributed by atoms with Gasteiger partial charge in [0, 0.05) is 35.8 Å². The molecule has 0 saturated carbocycles. The fourth-order valence-electron chi connectivity index (χ4n) is 3.73. The van der Waals surface area contributed by atoms with Crippen LogP contribution in [0.25, 0.3) is 11.0 Å². The Labute approximate surface area is 170 Å². The van der Waals surface area contributed by atoms with Gasteiger partial charge in [0.2, 0.25) is 0 Å². The topological polar surface area (TPSA) is 67.5 Å². The van der Waals surface area contributed by atoms with Crippen LogP contribution < -0.4 is 4.74 Å². The highest BCUT2D eigenvalue weighted by Crippen LogP contribution is 2.29. The summed E-state index contributed by atoms with van der Waals surface area (Å²) in [5.41, 5.74) is 4.97. The van der Waals surface area contributed by atoms with E-state index in [0.717, 1.165) is 46.4 Å². The molecule has 29 heavy (non-hydrogen) atoms. The molecule has 2 aromatic heterocycles. The summed E-state index contributed by atoms with van der Waals surface area (Å²) in [6.45, 7) is 6.85. The Morgan fingerprint density at radius 2 is 2.07 bits per heavy atom. The van der Waals surface area contributed by atoms with E-state index in [2.05, 4.69) is 22.1 Å². The molecule has 0 saturated heterocycles. The predicted molar refractivity (Wildman–Crippen MR) is 112 cm³/mol. The Bertz CT molecular complexity index is 1050. The minimum Gasteiger partial charge on any atom is -0.497 e. The van der Waals surface area contributed by atoms with Gasteiger partial charge in [-0.3, -0.25) is 0 Å². The Morgan fingerprint density at radius 1 is 1.24 bits per heavy atom. The molecule has 1 N–H and O–H groups in total. The van der Waals surface area contributed by atoms with Gasteiger partial charge in [-0.15, -0.1) is 0 Å². The van der Waals surface area contributed by atoms with Gasteiger partial charge in [0.25, 0.3) is 0 Å². The van der Waals surface area contributed by atoms with Crippen LogP contribution in [-0.2, 0) is 24.1 Å². The van der Waals surface area contributed by atoms with E-state index in [0.29, 0.717) is 13.1 Å². The lowest BCUT2D eigenvalue weighted by atomic mass is 10.0. The van der Waals surface area contributed by atoms with Gasteiger partial charge in [-0.25, -0.2) is 9.78 Å². The second kappa shape index (κ2) is 7.43. The smallest absolute Gasteiger partial charge is 0.410 e. The van der Waals surface area contributed by atoms with Crippen LogP contribution in [0.4, 0.5) is 4.79 Å². The molecule has 6 nitrogen and oxygen atoms in total. The van der Waals surface area contributed by atoms with Crippen LogP contribution >= 0.6 is 0 Å². The summed E-state index contributed by atoms with van der Waals surface area (Å²) in [4.78, 5) is 22.3. The molecule has 0 bridgehead atoms. The van der Waals surface area contributed by atoms with E-state index in [4.69, 9.17) is 9.47 Å². The molecule has 4 rings (SSSR count). The summed E-state index contributed by atoms with van der Waals surface area (Å²) in [6, 6.07) is 10.2. The number of carbonyl (C=O) groups excluding carboxylic acids is 1. The largest absolute Gasteiger partial charge is 0.497 e. The first kappa shape index (κ1) is 19.3. The lowest BCUT2D eigenvalue weighted by Crippen LogP contribution is -2.39. The zero-order valence-electron chi connectivity index (χ0n) is 17.4. The summed E-state index contributed by atoms with van der Waals surface area (Å²) < 4.78 is 10.9. The maximum atomic E-state index is 12.5. The molecular formula is C23H27N3O3. The molecule has 3 aromatic rings. The second-order valence-corrected chi connectivity index (χ2v) is 8.50. The third kappa shape index (κ3) is 4.21. The van der Waals surface area contributed by atoms with Crippen molar-refractivity contribution in [2.45, 2.75) is 45.8 Å². The monoisotopic (exact) mass is 393 g/mol. The number of hydrogen-bond acceptors (Lipinski definition) is 4. The molecule has 6 heteroatoms. The first-order valence-corrected chi connectivity index (χ1v) is 9.91. The van der Waals surface area contributed by atoms with E-state index in [1.807, 2.05) is 45.2 Å². The molecule has 1 aliphatic rings. The van der Waals surface area contributed by atoms with Crippen molar-refractivity contribution < 1.29 is 14.3 Å². The highest BCUT2D eigenvalue weighted by Gasteiger charge is 2.28. The molecule has 152 valence electrons. The number of pyridine rings is 1. The fraction of sp³-hybridized carbons (Fsp3) is 0.391. The molecule has 1 aliphatic heterocycles. The lowest BCUT2D eigenvalue weighted by Gasteiger charge is -2.30. The van der Waals surface area contributed by atoms with E-state index < -0.39 is 5.60 Å². The van der Waals surface area contributed by atoms with Gasteiger partial charge < -0.3 is 19.4 Å². The SMILES string of the molecule is COc1cccc(Cc2cnc3[nH]c4c(c3c2)CN(C(=O)OC(C)(C)C)CC4)c1. The van der Waals surface area contributed by atoms with Gasteiger partial charge >= 0.3 is 6.09 Å². The third-order valence-electron chi connectivity index (χ3n) is 5.08. The van der Waals surface area contributed by atoms with Gasteiger partial charge in [0.1, 0.15) is 17.0 Å². The second-order valence-electron chi connectivity index (χ2n) is 8.50. The molecule has 1 amide bonds. The first-order valence-electron chi connectivity index (χ1n) is 9.91. The number of methoxy groups -OCH3 is 1. The Balaban J connectivity index is 1.60. The number of amides is 1. The standard InChI is InChI=1S/C23H27N3O3/c1-23(2,3)29-22(27)26-9-8-20-19(14-26)18-12-16(13-24-21(18)25-20)10-15-6-5-7-17(11-15)28-4/h5-7,11-13H,8-10,14H2,1-4H3,(H,24,25). The van der Waals surface area contributed by atoms with E-state index in [1.54, 1.807) is 12.0 Å². The van der Waals surface area contributed by atoms with Crippen molar-refractivity contribution in [3.63, 3.8) is 0 Å². The summed E-state index contributed by atoms with van der Waals surface area (Å²) in [5.74, 6) is 0.851. The highest BCUT2D eigenvalue weighted by molar-refractivity contribution is 5.83. The molecule has 0 aliphatic carbocycles. The average Bonchev–Trinajstić information content (AvgIpc) is 3.04. The van der Waals surface area contributed by atoms with Crippen LogP contribution in [0, 0.1) is 0 Å². The zero-order chi connectivity index (χ0) is 20.6. The Kier molecular flexibility index (Phi) is 4.94. The van der Waals surface area contributed by atoms with Gasteiger partial charge in [-0.05, 0) is 56.5 Å². The van der Waals surface area contributed by atoms with Crippen molar-refractivity contribution >= 4 is 17.1 Å². The number of benzene rings is 1. The number of aromatic amines is 1. The van der Waals surface area contributed by atoms with E-state index >= 15 is 0 Å². The third-order valence-corrected chi connectivity index (χ3v) is 5.08. The van der Waals surface area contributed by atoms with Gasteiger partial charge in [0.15, 0.2) is 0 Å². The summed E-state index contributed by atoms with van der Waals surface area (Å²) in [6.07, 6.45) is 3.19. The number of aromatic nitrogens is 2. The average molecular weight is 393 g/mol. The van der Waals surface area contributed by atoms with Crippen molar-refractivity contribution in [3.05, 3.63) is 58.9 Å². The van der Waals surface area contributed by atoms with Gasteiger partial charge in [-0.1, -0.05) is 12.1 Å². The first-order chi connectivity index (χ1) is 13.8. The number of fused-ring (bicyclic) bond motifs is 3. The van der Waals surface area contributed by atoms with E-state index in [1.165, 1.54) is 5.56 Å². The molecule has 0 fully saturated rings. The van der Waals surface area contributed by atoms with Crippen molar-refractivity contribution in [2.75, 3.05) is 13.7 Å². The van der Waals surface area contributed by atoms with Crippen LogP contribution in [0.1, 0.15) is 43.2 Å². The van der Waals surface area contributed by atoms with Crippen LogP contribution in [0.15, 0.2) is 36.5 Å². The number of hydrogen-bond donors (Lipinski definition) is 1. The number of H-pyrrole nitrogens is 1. The minimum atomic E-state index is -0.497. The zero-order valence-corrected chi connectivity index (χ0v) is 17.4. The van der Waals surface area contributed by atoms with Crippen LogP contribution in [-0.4, -0.2) is 40.2 Å². The number of rotatable bonds is 3. The number of nitrogens with one attached hydrogen (secondary N) is 1. The van der Waals surface area contributed by atoms with E-state index in [-0.39, 0.29) is 6.09 Å². The normalized spacial score (nSPS) is 14.0. The Morgan fingerprint density at radius 3 is 2.83 bits per heavy atom. The number of nitrogens with zero attached hydrogens (tertiary/aromatic N) is 2. The predicted octanol–water partition coefficient (Wildman–Crippen LogP) is 4.46. The summed E-state index contributed by atoms with van der Waals surface area (Å²) >= 11 is 0. The molecule has 1 aromatic carbocycles. The number of ether oxygens (including phenoxy) is 2. The minimum absolute atomic E-state index is 0.266. The quantitative estimate of drug-likeness (QED) is 0.714. The summed E-state index contributed by atoms with van der Waals surface area (Å²) in [5, 5.41) is 1.08. The molecular weight excluding hydrogens is 366 g/mol. The Hall–Kier alpha value is -3.02. The van der Waals surface area contributed by atoms with Gasteiger partial charge in [-0.2, -0.15) is 0 Å². The number of carbonyl (C=O) groups is 1. The van der Waals surface area contributed by atoms with Gasteiger partial charge in [0.05, 0.1) is 13.7 Å². The molecule has 0 unspecified atom stereocenters. The van der Waals surface area contributed by atoms with Crippen molar-refractivity contribution in [1.29, 1.82) is 0 Å². The van der Waals surface area contributed by atoms with Crippen molar-refractivity contribution in [1.82, 2.24) is 14.9 Å². The summed E-state index contributed by atoms with van der Waals surface area (Å²) in [7, 11) is 1.68. The highest BCUT2D eigenvalue weighted by atomic mass is 16.6. The molecule has 0 spiro atoms.